The first-order valence-electron chi connectivity index (χ1n) is 3.53. The van der Waals surface area contributed by atoms with E-state index >= 15 is 0 Å². The fourth-order valence-electron chi connectivity index (χ4n) is 1.13. The SMILES string of the molecule is O=C(O)c1c[nH]c2nc(Cl)nc(Cl)c12. The van der Waals surface area contributed by atoms with Gasteiger partial charge in [-0.25, -0.2) is 9.78 Å². The number of carbonyl (C=O) groups is 1. The van der Waals surface area contributed by atoms with Crippen LogP contribution in [0.5, 0.6) is 0 Å². The third-order valence-electron chi connectivity index (χ3n) is 1.69. The third kappa shape index (κ3) is 1.30. The van der Waals surface area contributed by atoms with Crippen LogP contribution in [-0.2, 0) is 0 Å². The van der Waals surface area contributed by atoms with E-state index in [4.69, 9.17) is 28.3 Å². The minimum atomic E-state index is -1.09. The topological polar surface area (TPSA) is 78.9 Å². The van der Waals surface area contributed by atoms with E-state index in [2.05, 4.69) is 15.0 Å². The van der Waals surface area contributed by atoms with E-state index in [0.717, 1.165) is 0 Å². The van der Waals surface area contributed by atoms with Crippen LogP contribution in [0, 0.1) is 0 Å². The molecule has 0 radical (unpaired) electrons. The van der Waals surface area contributed by atoms with Crippen LogP contribution in [0.2, 0.25) is 10.4 Å². The van der Waals surface area contributed by atoms with E-state index in [9.17, 15) is 4.79 Å². The maximum Gasteiger partial charge on any atom is 0.338 e. The fourth-order valence-corrected chi connectivity index (χ4v) is 1.62. The lowest BCUT2D eigenvalue weighted by Gasteiger charge is -1.95. The van der Waals surface area contributed by atoms with Crippen molar-refractivity contribution in [2.45, 2.75) is 0 Å². The monoisotopic (exact) mass is 231 g/mol. The lowest BCUT2D eigenvalue weighted by molar-refractivity contribution is 0.0699. The molecule has 0 unspecified atom stereocenters. The lowest BCUT2D eigenvalue weighted by Crippen LogP contribution is -1.95. The van der Waals surface area contributed by atoms with E-state index in [-0.39, 0.29) is 21.4 Å². The predicted molar refractivity (Wildman–Crippen MR) is 50.9 cm³/mol. The molecule has 0 saturated carbocycles. The Bertz CT molecular complexity index is 523. The van der Waals surface area contributed by atoms with Crippen molar-refractivity contribution in [3.8, 4) is 0 Å². The van der Waals surface area contributed by atoms with Crippen molar-refractivity contribution >= 4 is 40.2 Å². The smallest absolute Gasteiger partial charge is 0.338 e. The van der Waals surface area contributed by atoms with Gasteiger partial charge in [-0.3, -0.25) is 0 Å². The molecule has 0 aliphatic rings. The van der Waals surface area contributed by atoms with Crippen molar-refractivity contribution in [1.82, 2.24) is 15.0 Å². The summed E-state index contributed by atoms with van der Waals surface area (Å²) in [4.78, 5) is 20.8. The summed E-state index contributed by atoms with van der Waals surface area (Å²) in [6, 6.07) is 0. The van der Waals surface area contributed by atoms with Crippen molar-refractivity contribution in [3.05, 3.63) is 22.2 Å². The Morgan fingerprint density at radius 1 is 1.43 bits per heavy atom. The van der Waals surface area contributed by atoms with Gasteiger partial charge in [0, 0.05) is 6.20 Å². The van der Waals surface area contributed by atoms with Crippen LogP contribution in [0.3, 0.4) is 0 Å². The molecule has 0 amide bonds. The van der Waals surface area contributed by atoms with E-state index in [1.165, 1.54) is 6.20 Å². The first kappa shape index (κ1) is 9.23. The number of rotatable bonds is 1. The van der Waals surface area contributed by atoms with Gasteiger partial charge in [0.1, 0.15) is 10.8 Å². The average molecular weight is 232 g/mol. The highest BCUT2D eigenvalue weighted by molar-refractivity contribution is 6.36. The number of halogens is 2. The number of nitrogens with one attached hydrogen (secondary N) is 1. The molecule has 0 aliphatic heterocycles. The second-order valence-electron chi connectivity index (χ2n) is 2.51. The lowest BCUT2D eigenvalue weighted by atomic mass is 10.2. The van der Waals surface area contributed by atoms with Crippen LogP contribution in [0.1, 0.15) is 10.4 Å². The van der Waals surface area contributed by atoms with Crippen LogP contribution >= 0.6 is 23.2 Å². The zero-order valence-electron chi connectivity index (χ0n) is 6.58. The van der Waals surface area contributed by atoms with E-state index in [0.29, 0.717) is 5.65 Å². The molecule has 14 heavy (non-hydrogen) atoms. The summed E-state index contributed by atoms with van der Waals surface area (Å²) in [7, 11) is 0. The molecule has 5 nitrogen and oxygen atoms in total. The zero-order chi connectivity index (χ0) is 10.3. The normalized spacial score (nSPS) is 10.7. The summed E-state index contributed by atoms with van der Waals surface area (Å²) in [5, 5.41) is 9.07. The second-order valence-corrected chi connectivity index (χ2v) is 3.21. The third-order valence-corrected chi connectivity index (χ3v) is 2.13. The number of aromatic nitrogens is 3. The van der Waals surface area contributed by atoms with Gasteiger partial charge >= 0.3 is 5.97 Å². The highest BCUT2D eigenvalue weighted by Crippen LogP contribution is 2.24. The molecule has 72 valence electrons. The first-order valence-corrected chi connectivity index (χ1v) is 4.28. The minimum Gasteiger partial charge on any atom is -0.478 e. The number of hydrogen-bond acceptors (Lipinski definition) is 3. The van der Waals surface area contributed by atoms with Crippen LogP contribution in [-0.4, -0.2) is 26.0 Å². The number of H-pyrrole nitrogens is 1. The largest absolute Gasteiger partial charge is 0.478 e. The van der Waals surface area contributed by atoms with E-state index in [1.807, 2.05) is 0 Å². The molecule has 0 spiro atoms. The zero-order valence-corrected chi connectivity index (χ0v) is 8.10. The molecular weight excluding hydrogens is 229 g/mol. The maximum atomic E-state index is 10.7. The van der Waals surface area contributed by atoms with Crippen LogP contribution in [0.25, 0.3) is 11.0 Å². The molecule has 2 heterocycles. The summed E-state index contributed by atoms with van der Waals surface area (Å²) >= 11 is 11.3. The number of carboxylic acid groups (broad SMARTS) is 1. The standard InChI is InChI=1S/C7H3Cl2N3O2/c8-4-3-2(6(13)14)1-10-5(3)12-7(9)11-4/h1H,(H,13,14)(H,10,11,12). The second kappa shape index (κ2) is 3.11. The number of carboxylic acids is 1. The highest BCUT2D eigenvalue weighted by atomic mass is 35.5. The van der Waals surface area contributed by atoms with Gasteiger partial charge in [0.2, 0.25) is 5.28 Å². The minimum absolute atomic E-state index is 0.0265. The molecule has 0 bridgehead atoms. The molecule has 0 fully saturated rings. The molecule has 0 saturated heterocycles. The average Bonchev–Trinajstić information content (AvgIpc) is 2.47. The van der Waals surface area contributed by atoms with Gasteiger partial charge in [-0.2, -0.15) is 4.98 Å². The Labute approximate surface area is 87.7 Å². The maximum absolute atomic E-state index is 10.7. The Morgan fingerprint density at radius 2 is 2.14 bits per heavy atom. The molecule has 0 aliphatic carbocycles. The Kier molecular flexibility index (Phi) is 2.05. The Morgan fingerprint density at radius 3 is 2.79 bits per heavy atom. The van der Waals surface area contributed by atoms with Gasteiger partial charge in [-0.05, 0) is 11.6 Å². The van der Waals surface area contributed by atoms with Gasteiger partial charge in [-0.1, -0.05) is 11.6 Å². The summed E-state index contributed by atoms with van der Waals surface area (Å²) in [5.74, 6) is -1.09. The van der Waals surface area contributed by atoms with Crippen molar-refractivity contribution in [2.24, 2.45) is 0 Å². The van der Waals surface area contributed by atoms with Crippen molar-refractivity contribution in [1.29, 1.82) is 0 Å². The highest BCUT2D eigenvalue weighted by Gasteiger charge is 2.15. The fraction of sp³-hybridized carbons (Fsp3) is 0. The number of aromatic carboxylic acids is 1. The molecule has 0 atom stereocenters. The molecular formula is C7H3Cl2N3O2. The van der Waals surface area contributed by atoms with E-state index in [1.54, 1.807) is 0 Å². The van der Waals surface area contributed by atoms with Crippen molar-refractivity contribution < 1.29 is 9.90 Å². The molecule has 2 aromatic rings. The van der Waals surface area contributed by atoms with Crippen molar-refractivity contribution in [3.63, 3.8) is 0 Å². The molecule has 7 heteroatoms. The van der Waals surface area contributed by atoms with Crippen LogP contribution in [0.15, 0.2) is 6.20 Å². The van der Waals surface area contributed by atoms with Gasteiger partial charge in [0.15, 0.2) is 0 Å². The molecule has 2 N–H and O–H groups in total. The quantitative estimate of drug-likeness (QED) is 0.581. The van der Waals surface area contributed by atoms with Gasteiger partial charge in [0.05, 0.1) is 10.9 Å². The summed E-state index contributed by atoms with van der Waals surface area (Å²) in [6.45, 7) is 0. The Balaban J connectivity index is 2.85. The van der Waals surface area contributed by atoms with Gasteiger partial charge in [0.25, 0.3) is 0 Å². The predicted octanol–water partition coefficient (Wildman–Crippen LogP) is 1.96. The van der Waals surface area contributed by atoms with Crippen molar-refractivity contribution in [2.75, 3.05) is 0 Å². The summed E-state index contributed by atoms with van der Waals surface area (Å²) in [5.41, 5.74) is 0.342. The summed E-state index contributed by atoms with van der Waals surface area (Å²) in [6.07, 6.45) is 1.30. The molecule has 0 aromatic carbocycles. The van der Waals surface area contributed by atoms with Crippen LogP contribution in [0.4, 0.5) is 0 Å². The first-order chi connectivity index (χ1) is 6.59. The number of aromatic amines is 1. The molecule has 2 aromatic heterocycles. The van der Waals surface area contributed by atoms with Gasteiger partial charge < -0.3 is 10.1 Å². The number of hydrogen-bond donors (Lipinski definition) is 2. The number of nitrogens with zero attached hydrogens (tertiary/aromatic N) is 2. The summed E-state index contributed by atoms with van der Waals surface area (Å²) < 4.78 is 0. The van der Waals surface area contributed by atoms with Crippen LogP contribution < -0.4 is 0 Å². The number of fused-ring (bicyclic) bond motifs is 1. The van der Waals surface area contributed by atoms with E-state index < -0.39 is 5.97 Å². The Hall–Kier alpha value is -1.33. The van der Waals surface area contributed by atoms with Gasteiger partial charge in [-0.15, -0.1) is 0 Å². The molecule has 2 rings (SSSR count).